The standard InChI is InChI=1S/C23H31N5O8/c1-12(2)18(29)33-15-16(34-19(30)13(3)4)20(36-21(31)23(5,6)7)35-17(15)27-9-8-14(26-22(27)32)28-11-24-10-25-28/h8-13,15-17,20H,1-7H3. The molecule has 1 aliphatic heterocycles. The van der Waals surface area contributed by atoms with E-state index in [4.69, 9.17) is 18.9 Å². The molecule has 36 heavy (non-hydrogen) atoms. The molecule has 13 nitrogen and oxygen atoms in total. The van der Waals surface area contributed by atoms with Crippen molar-refractivity contribution in [3.05, 3.63) is 35.4 Å². The smallest absolute Gasteiger partial charge is 0.351 e. The first-order chi connectivity index (χ1) is 16.8. The molecule has 2 aromatic rings. The second kappa shape index (κ2) is 10.6. The van der Waals surface area contributed by atoms with Crippen molar-refractivity contribution in [2.75, 3.05) is 0 Å². The maximum atomic E-state index is 13.0. The van der Waals surface area contributed by atoms with Gasteiger partial charge in [-0.1, -0.05) is 27.7 Å². The van der Waals surface area contributed by atoms with Crippen LogP contribution in [0.25, 0.3) is 5.82 Å². The second-order valence-corrected chi connectivity index (χ2v) is 9.98. The Balaban J connectivity index is 2.04. The van der Waals surface area contributed by atoms with Crippen molar-refractivity contribution in [2.45, 2.75) is 73.2 Å². The van der Waals surface area contributed by atoms with E-state index in [0.29, 0.717) is 0 Å². The predicted molar refractivity (Wildman–Crippen MR) is 122 cm³/mol. The minimum absolute atomic E-state index is 0.195. The Kier molecular flexibility index (Phi) is 7.92. The quantitative estimate of drug-likeness (QED) is 0.396. The van der Waals surface area contributed by atoms with Gasteiger partial charge < -0.3 is 18.9 Å². The monoisotopic (exact) mass is 505 g/mol. The highest BCUT2D eigenvalue weighted by molar-refractivity contribution is 5.76. The van der Waals surface area contributed by atoms with Gasteiger partial charge in [0, 0.05) is 6.20 Å². The molecule has 0 radical (unpaired) electrons. The van der Waals surface area contributed by atoms with Crippen LogP contribution in [0.3, 0.4) is 0 Å². The van der Waals surface area contributed by atoms with E-state index >= 15 is 0 Å². The Labute approximate surface area is 207 Å². The molecule has 0 amide bonds. The zero-order valence-corrected chi connectivity index (χ0v) is 21.3. The molecule has 196 valence electrons. The van der Waals surface area contributed by atoms with E-state index in [1.807, 2.05) is 0 Å². The summed E-state index contributed by atoms with van der Waals surface area (Å²) in [6, 6.07) is 1.48. The number of rotatable bonds is 7. The summed E-state index contributed by atoms with van der Waals surface area (Å²) in [6.45, 7) is 11.4. The van der Waals surface area contributed by atoms with Gasteiger partial charge in [0.15, 0.2) is 18.1 Å². The van der Waals surface area contributed by atoms with E-state index in [1.165, 1.54) is 29.6 Å². The van der Waals surface area contributed by atoms with Crippen LogP contribution in [0, 0.1) is 17.3 Å². The van der Waals surface area contributed by atoms with E-state index in [2.05, 4.69) is 15.1 Å². The van der Waals surface area contributed by atoms with Crippen molar-refractivity contribution in [2.24, 2.45) is 17.3 Å². The third-order valence-corrected chi connectivity index (χ3v) is 5.17. The van der Waals surface area contributed by atoms with Crippen molar-refractivity contribution in [1.82, 2.24) is 24.3 Å². The zero-order chi connectivity index (χ0) is 26.8. The number of carbonyl (C=O) groups excluding carboxylic acids is 3. The van der Waals surface area contributed by atoms with Crippen molar-refractivity contribution >= 4 is 17.9 Å². The predicted octanol–water partition coefficient (Wildman–Crippen LogP) is 1.40. The second-order valence-electron chi connectivity index (χ2n) is 9.98. The van der Waals surface area contributed by atoms with Crippen LogP contribution in [-0.2, 0) is 33.3 Å². The Morgan fingerprint density at radius 1 is 1.00 bits per heavy atom. The molecule has 1 fully saturated rings. The Morgan fingerprint density at radius 2 is 1.61 bits per heavy atom. The summed E-state index contributed by atoms with van der Waals surface area (Å²) in [5.41, 5.74) is -1.67. The summed E-state index contributed by atoms with van der Waals surface area (Å²) >= 11 is 0. The van der Waals surface area contributed by atoms with Crippen LogP contribution in [0.1, 0.15) is 54.7 Å². The summed E-state index contributed by atoms with van der Waals surface area (Å²) in [5, 5.41) is 3.94. The van der Waals surface area contributed by atoms with E-state index in [-0.39, 0.29) is 5.82 Å². The number of ether oxygens (including phenoxy) is 4. The van der Waals surface area contributed by atoms with Crippen LogP contribution in [0.15, 0.2) is 29.7 Å². The Hall–Kier alpha value is -3.61. The molecule has 0 N–H and O–H groups in total. The third kappa shape index (κ3) is 5.96. The maximum Gasteiger partial charge on any atom is 0.351 e. The number of nitrogens with zero attached hydrogens (tertiary/aromatic N) is 5. The Morgan fingerprint density at radius 3 is 2.11 bits per heavy atom. The molecule has 4 atom stereocenters. The van der Waals surface area contributed by atoms with Crippen molar-refractivity contribution in [1.29, 1.82) is 0 Å². The molecule has 0 bridgehead atoms. The Bertz CT molecular complexity index is 1150. The van der Waals surface area contributed by atoms with Crippen molar-refractivity contribution < 1.29 is 33.3 Å². The third-order valence-electron chi connectivity index (χ3n) is 5.17. The topological polar surface area (TPSA) is 154 Å². The van der Waals surface area contributed by atoms with Crippen LogP contribution >= 0.6 is 0 Å². The van der Waals surface area contributed by atoms with Gasteiger partial charge in [-0.05, 0) is 26.8 Å². The van der Waals surface area contributed by atoms with Gasteiger partial charge in [0.05, 0.1) is 17.3 Å². The van der Waals surface area contributed by atoms with E-state index < -0.39 is 65.6 Å². The zero-order valence-electron chi connectivity index (χ0n) is 21.3. The molecule has 3 rings (SSSR count). The van der Waals surface area contributed by atoms with Crippen LogP contribution in [0.5, 0.6) is 0 Å². The molecule has 0 saturated carbocycles. The summed E-state index contributed by atoms with van der Waals surface area (Å²) in [5.74, 6) is -2.76. The first-order valence-electron chi connectivity index (χ1n) is 11.5. The fraction of sp³-hybridized carbons (Fsp3) is 0.609. The first-order valence-corrected chi connectivity index (χ1v) is 11.5. The van der Waals surface area contributed by atoms with E-state index in [1.54, 1.807) is 48.5 Å². The number of hydrogen-bond donors (Lipinski definition) is 0. The van der Waals surface area contributed by atoms with E-state index in [9.17, 15) is 19.2 Å². The molecule has 1 saturated heterocycles. The lowest BCUT2D eigenvalue weighted by molar-refractivity contribution is -0.208. The van der Waals surface area contributed by atoms with Crippen molar-refractivity contribution in [3.8, 4) is 5.82 Å². The van der Waals surface area contributed by atoms with Gasteiger partial charge in [0.2, 0.25) is 12.4 Å². The maximum absolute atomic E-state index is 13.0. The number of carbonyl (C=O) groups is 3. The van der Waals surface area contributed by atoms with E-state index in [0.717, 1.165) is 4.57 Å². The van der Waals surface area contributed by atoms with Crippen molar-refractivity contribution in [3.63, 3.8) is 0 Å². The molecule has 2 aromatic heterocycles. The highest BCUT2D eigenvalue weighted by Gasteiger charge is 2.54. The summed E-state index contributed by atoms with van der Waals surface area (Å²) in [7, 11) is 0. The minimum Gasteiger partial charge on any atom is -0.453 e. The first kappa shape index (κ1) is 27.0. The fourth-order valence-electron chi connectivity index (χ4n) is 3.05. The molecule has 3 heterocycles. The van der Waals surface area contributed by atoms with Gasteiger partial charge in [0.1, 0.15) is 12.7 Å². The van der Waals surface area contributed by atoms with Crippen LogP contribution in [-0.4, -0.2) is 60.7 Å². The number of esters is 3. The highest BCUT2D eigenvalue weighted by Crippen LogP contribution is 2.36. The lowest BCUT2D eigenvalue weighted by atomic mass is 9.97. The van der Waals surface area contributed by atoms with Crippen LogP contribution < -0.4 is 5.69 Å². The summed E-state index contributed by atoms with van der Waals surface area (Å²) in [4.78, 5) is 58.5. The van der Waals surface area contributed by atoms with Crippen LogP contribution in [0.2, 0.25) is 0 Å². The molecule has 1 aliphatic rings. The molecular formula is C23H31N5O8. The lowest BCUT2D eigenvalue weighted by Crippen LogP contribution is -2.44. The van der Waals surface area contributed by atoms with Gasteiger partial charge in [-0.15, -0.1) is 0 Å². The molecular weight excluding hydrogens is 474 g/mol. The molecule has 4 unspecified atom stereocenters. The average molecular weight is 506 g/mol. The van der Waals surface area contributed by atoms with Gasteiger partial charge in [-0.25, -0.2) is 14.5 Å². The lowest BCUT2D eigenvalue weighted by Gasteiger charge is -2.26. The van der Waals surface area contributed by atoms with Gasteiger partial charge in [0.25, 0.3) is 0 Å². The highest BCUT2D eigenvalue weighted by atomic mass is 16.8. The van der Waals surface area contributed by atoms with Gasteiger partial charge in [-0.3, -0.25) is 19.0 Å². The van der Waals surface area contributed by atoms with Gasteiger partial charge in [-0.2, -0.15) is 10.1 Å². The van der Waals surface area contributed by atoms with Gasteiger partial charge >= 0.3 is 23.6 Å². The largest absolute Gasteiger partial charge is 0.453 e. The van der Waals surface area contributed by atoms with Crippen LogP contribution in [0.4, 0.5) is 0 Å². The fourth-order valence-corrected chi connectivity index (χ4v) is 3.05. The normalized spacial score (nSPS) is 22.0. The summed E-state index contributed by atoms with van der Waals surface area (Å²) < 4.78 is 25.0. The molecule has 0 spiro atoms. The SMILES string of the molecule is CC(C)C(=O)OC1C(OC(=O)C(C)(C)C)OC(n2ccc(-n3cncn3)nc2=O)C1OC(=O)C(C)C. The summed E-state index contributed by atoms with van der Waals surface area (Å²) in [6.07, 6.45) is -1.37. The minimum atomic E-state index is -1.45. The number of aromatic nitrogens is 5. The molecule has 0 aromatic carbocycles. The average Bonchev–Trinajstić information content (AvgIpc) is 3.43. The number of hydrogen-bond acceptors (Lipinski definition) is 11. The molecule has 13 heteroatoms. The molecule has 0 aliphatic carbocycles.